The van der Waals surface area contributed by atoms with Crippen LogP contribution in [0.25, 0.3) is 11.1 Å². The molecule has 1 atom stereocenters. The molecule has 0 fully saturated rings. The zero-order valence-corrected chi connectivity index (χ0v) is 18.7. The van der Waals surface area contributed by atoms with Gasteiger partial charge in [0.2, 0.25) is 10.0 Å². The number of rotatable bonds is 6. The summed E-state index contributed by atoms with van der Waals surface area (Å²) in [6.07, 6.45) is 0.795. The van der Waals surface area contributed by atoms with E-state index in [1.807, 2.05) is 27.0 Å². The fourth-order valence-corrected chi connectivity index (χ4v) is 5.95. The molecule has 2 aliphatic rings. The van der Waals surface area contributed by atoms with Crippen molar-refractivity contribution < 1.29 is 13.2 Å². The molecule has 2 aliphatic heterocycles. The highest BCUT2D eigenvalue weighted by Gasteiger charge is 2.36. The van der Waals surface area contributed by atoms with E-state index in [0.717, 1.165) is 35.2 Å². The maximum absolute atomic E-state index is 12.8. The summed E-state index contributed by atoms with van der Waals surface area (Å²) in [5.41, 5.74) is 5.16. The number of nitrogens with zero attached hydrogens (tertiary/aromatic N) is 3. The molecule has 2 aromatic carbocycles. The Hall–Kier alpha value is -2.62. The van der Waals surface area contributed by atoms with Crippen LogP contribution in [0.4, 0.5) is 5.69 Å². The van der Waals surface area contributed by atoms with Crippen LogP contribution in [-0.4, -0.2) is 50.2 Å². The highest BCUT2D eigenvalue weighted by Crippen LogP contribution is 2.44. The Morgan fingerprint density at radius 1 is 1.16 bits per heavy atom. The van der Waals surface area contributed by atoms with Crippen molar-refractivity contribution in [3.05, 3.63) is 51.9 Å². The number of sulfonamides is 1. The number of carbonyl (C=O) groups excluding carboxylic acids is 1. The topological polar surface area (TPSA) is 99.2 Å². The van der Waals surface area contributed by atoms with Crippen LogP contribution in [0.1, 0.15) is 36.6 Å². The van der Waals surface area contributed by atoms with Gasteiger partial charge < -0.3 is 10.2 Å². The van der Waals surface area contributed by atoms with E-state index in [4.69, 9.17) is 0 Å². The Labute approximate surface area is 182 Å². The van der Waals surface area contributed by atoms with Crippen LogP contribution in [0.5, 0.6) is 0 Å². The lowest BCUT2D eigenvalue weighted by Crippen LogP contribution is -2.30. The van der Waals surface area contributed by atoms with Crippen LogP contribution < -0.4 is 5.32 Å². The summed E-state index contributed by atoms with van der Waals surface area (Å²) in [7, 11) is -1.52. The summed E-state index contributed by atoms with van der Waals surface area (Å²) < 4.78 is 27.0. The van der Waals surface area contributed by atoms with Gasteiger partial charge in [-0.3, -0.25) is 4.79 Å². The number of carbonyl (C=O) groups is 1. The Balaban J connectivity index is 1.82. The molecule has 31 heavy (non-hydrogen) atoms. The first-order valence-electron chi connectivity index (χ1n) is 10.4. The number of hydrogen-bond acceptors (Lipinski definition) is 6. The monoisotopic (exact) mass is 442 g/mol. The number of amides is 1. The number of nitrogens with one attached hydrogen (secondary N) is 1. The molecule has 2 heterocycles. The second-order valence-corrected chi connectivity index (χ2v) is 9.88. The third-order valence-electron chi connectivity index (χ3n) is 6.16. The fraction of sp³-hybridized carbons (Fsp3) is 0.409. The van der Waals surface area contributed by atoms with Crippen molar-refractivity contribution in [2.75, 3.05) is 32.0 Å². The van der Waals surface area contributed by atoms with E-state index in [1.54, 1.807) is 24.3 Å². The first-order chi connectivity index (χ1) is 14.8. The van der Waals surface area contributed by atoms with Gasteiger partial charge in [-0.05, 0) is 53.9 Å². The molecular weight excluding hydrogens is 416 g/mol. The SMILES string of the molecule is CCN(CC)S(=O)(=O)c1ccc(-c2cc3c(c4c2CCN(C)C4)NC(=O)C3N=O)cc1. The van der Waals surface area contributed by atoms with Gasteiger partial charge in [0.05, 0.1) is 10.6 Å². The Kier molecular flexibility index (Phi) is 5.67. The van der Waals surface area contributed by atoms with Crippen LogP contribution >= 0.6 is 0 Å². The lowest BCUT2D eigenvalue weighted by molar-refractivity contribution is -0.116. The number of hydrogen-bond donors (Lipinski definition) is 1. The van der Waals surface area contributed by atoms with Gasteiger partial charge in [-0.25, -0.2) is 8.42 Å². The van der Waals surface area contributed by atoms with Crippen molar-refractivity contribution in [1.82, 2.24) is 9.21 Å². The van der Waals surface area contributed by atoms with E-state index in [2.05, 4.69) is 15.4 Å². The molecule has 1 N–H and O–H groups in total. The number of fused-ring (bicyclic) bond motifs is 3. The maximum Gasteiger partial charge on any atom is 0.257 e. The van der Waals surface area contributed by atoms with Crippen molar-refractivity contribution in [3.8, 4) is 11.1 Å². The van der Waals surface area contributed by atoms with Gasteiger partial charge in [0.1, 0.15) is 0 Å². The van der Waals surface area contributed by atoms with Crippen LogP contribution in [0.3, 0.4) is 0 Å². The summed E-state index contributed by atoms with van der Waals surface area (Å²) in [5, 5.41) is 5.87. The number of nitroso groups, excluding NO2 is 1. The second kappa shape index (κ2) is 8.14. The summed E-state index contributed by atoms with van der Waals surface area (Å²) >= 11 is 0. The average molecular weight is 443 g/mol. The van der Waals surface area contributed by atoms with E-state index in [9.17, 15) is 18.1 Å². The third kappa shape index (κ3) is 3.56. The molecule has 0 bridgehead atoms. The van der Waals surface area contributed by atoms with Gasteiger partial charge in [-0.2, -0.15) is 4.31 Å². The summed E-state index contributed by atoms with van der Waals surface area (Å²) in [6.45, 7) is 5.98. The summed E-state index contributed by atoms with van der Waals surface area (Å²) in [4.78, 5) is 26.0. The molecule has 0 saturated carbocycles. The number of benzene rings is 2. The summed E-state index contributed by atoms with van der Waals surface area (Å²) in [6, 6.07) is 7.63. The van der Waals surface area contributed by atoms with Crippen molar-refractivity contribution >= 4 is 21.6 Å². The molecule has 1 unspecified atom stereocenters. The quantitative estimate of drug-likeness (QED) is 0.693. The molecule has 164 valence electrons. The predicted molar refractivity (Wildman–Crippen MR) is 119 cm³/mol. The van der Waals surface area contributed by atoms with Gasteiger partial charge in [-0.15, -0.1) is 4.91 Å². The predicted octanol–water partition coefficient (Wildman–Crippen LogP) is 3.13. The highest BCUT2D eigenvalue weighted by atomic mass is 32.2. The molecule has 0 radical (unpaired) electrons. The molecule has 0 aliphatic carbocycles. The van der Waals surface area contributed by atoms with E-state index >= 15 is 0 Å². The van der Waals surface area contributed by atoms with Gasteiger partial charge in [0.25, 0.3) is 5.91 Å². The van der Waals surface area contributed by atoms with E-state index in [1.165, 1.54) is 4.31 Å². The van der Waals surface area contributed by atoms with Crippen LogP contribution in [0, 0.1) is 4.91 Å². The van der Waals surface area contributed by atoms with Gasteiger partial charge in [0.15, 0.2) is 6.04 Å². The smallest absolute Gasteiger partial charge is 0.257 e. The summed E-state index contributed by atoms with van der Waals surface area (Å²) in [5.74, 6) is -0.404. The first kappa shape index (κ1) is 21.6. The fourth-order valence-electron chi connectivity index (χ4n) is 4.49. The van der Waals surface area contributed by atoms with E-state index < -0.39 is 22.0 Å². The highest BCUT2D eigenvalue weighted by molar-refractivity contribution is 7.89. The lowest BCUT2D eigenvalue weighted by atomic mass is 9.87. The van der Waals surface area contributed by atoms with Crippen molar-refractivity contribution in [1.29, 1.82) is 0 Å². The zero-order chi connectivity index (χ0) is 22.3. The first-order valence-corrected chi connectivity index (χ1v) is 11.9. The molecule has 0 saturated heterocycles. The minimum absolute atomic E-state index is 0.249. The number of likely N-dealkylation sites (N-methyl/N-ethyl adjacent to an activating group) is 1. The van der Waals surface area contributed by atoms with Gasteiger partial charge >= 0.3 is 0 Å². The minimum atomic E-state index is -3.54. The van der Waals surface area contributed by atoms with Crippen molar-refractivity contribution in [2.45, 2.75) is 37.8 Å². The Bertz CT molecular complexity index is 1140. The van der Waals surface area contributed by atoms with Crippen molar-refractivity contribution in [3.63, 3.8) is 0 Å². The Morgan fingerprint density at radius 2 is 1.84 bits per heavy atom. The maximum atomic E-state index is 12.8. The third-order valence-corrected chi connectivity index (χ3v) is 8.22. The van der Waals surface area contributed by atoms with E-state index in [0.29, 0.717) is 30.9 Å². The van der Waals surface area contributed by atoms with Crippen LogP contribution in [0.15, 0.2) is 40.4 Å². The van der Waals surface area contributed by atoms with Gasteiger partial charge in [0, 0.05) is 31.7 Å². The normalized spacial score (nSPS) is 18.6. The largest absolute Gasteiger partial charge is 0.323 e. The Morgan fingerprint density at radius 3 is 2.45 bits per heavy atom. The molecule has 9 heteroatoms. The lowest BCUT2D eigenvalue weighted by Gasteiger charge is -2.29. The molecule has 0 aromatic heterocycles. The number of anilines is 1. The average Bonchev–Trinajstić information content (AvgIpc) is 3.09. The molecule has 2 aromatic rings. The van der Waals surface area contributed by atoms with Crippen molar-refractivity contribution in [2.24, 2.45) is 5.18 Å². The zero-order valence-electron chi connectivity index (χ0n) is 17.9. The minimum Gasteiger partial charge on any atom is -0.323 e. The standard InChI is InChI=1S/C22H26N4O4S/c1-4-26(5-2)31(29,30)15-8-6-14(7-9-15)17-12-18-20(23-22(27)21(18)24-28)19-13-25(3)11-10-16(17)19/h6-9,12,21H,4-5,10-11,13H2,1-3H3,(H,23,27). The van der Waals surface area contributed by atoms with Crippen LogP contribution in [-0.2, 0) is 27.8 Å². The molecule has 1 amide bonds. The molecular formula is C22H26N4O4S. The molecule has 4 rings (SSSR count). The molecule has 8 nitrogen and oxygen atoms in total. The molecule has 0 spiro atoms. The second-order valence-electron chi connectivity index (χ2n) is 7.94. The van der Waals surface area contributed by atoms with E-state index in [-0.39, 0.29) is 4.90 Å². The van der Waals surface area contributed by atoms with Gasteiger partial charge in [-0.1, -0.05) is 31.2 Å². The van der Waals surface area contributed by atoms with Crippen LogP contribution in [0.2, 0.25) is 0 Å².